The van der Waals surface area contributed by atoms with E-state index in [4.69, 9.17) is 4.74 Å². The smallest absolute Gasteiger partial charge is 0.309 e. The van der Waals surface area contributed by atoms with Crippen LogP contribution in [0.1, 0.15) is 12.8 Å². The normalized spacial score (nSPS) is 14.0. The van der Waals surface area contributed by atoms with Crippen molar-refractivity contribution >= 4 is 28.3 Å². The summed E-state index contributed by atoms with van der Waals surface area (Å²) in [5.41, 5.74) is 0.705. The van der Waals surface area contributed by atoms with E-state index >= 15 is 0 Å². The van der Waals surface area contributed by atoms with Gasteiger partial charge in [0.2, 0.25) is 0 Å². The molecule has 2 aromatic carbocycles. The highest BCUT2D eigenvalue weighted by Crippen LogP contribution is 2.30. The summed E-state index contributed by atoms with van der Waals surface area (Å²) in [6, 6.07) is 13.6. The van der Waals surface area contributed by atoms with Crippen molar-refractivity contribution < 1.29 is 14.3 Å². The van der Waals surface area contributed by atoms with Gasteiger partial charge in [-0.2, -0.15) is 0 Å². The third-order valence-corrected chi connectivity index (χ3v) is 3.29. The van der Waals surface area contributed by atoms with E-state index in [0.717, 1.165) is 23.6 Å². The molecular formula is C16H15NO3. The third-order valence-electron chi connectivity index (χ3n) is 3.29. The fourth-order valence-corrected chi connectivity index (χ4v) is 2.04. The average molecular weight is 269 g/mol. The number of carbonyl (C=O) groups excluding carboxylic acids is 2. The molecule has 0 radical (unpaired) electrons. The van der Waals surface area contributed by atoms with E-state index in [0.29, 0.717) is 5.69 Å². The lowest BCUT2D eigenvalue weighted by molar-refractivity contribution is -0.148. The fraction of sp³-hybridized carbons (Fsp3) is 0.250. The standard InChI is InChI=1S/C16H15NO3/c18-15(10-20-16(19)12-5-6-12)17-14-8-7-11-3-1-2-4-13(11)9-14/h1-4,7-9,12H,5-6,10H2,(H,17,18). The van der Waals surface area contributed by atoms with E-state index in [-0.39, 0.29) is 24.4 Å². The summed E-state index contributed by atoms with van der Waals surface area (Å²) in [6.45, 7) is -0.220. The van der Waals surface area contributed by atoms with E-state index in [2.05, 4.69) is 5.32 Å². The Hall–Kier alpha value is -2.36. The van der Waals surface area contributed by atoms with E-state index in [1.807, 2.05) is 42.5 Å². The Kier molecular flexibility index (Phi) is 3.37. The van der Waals surface area contributed by atoms with Crippen molar-refractivity contribution in [3.63, 3.8) is 0 Å². The quantitative estimate of drug-likeness (QED) is 0.868. The monoisotopic (exact) mass is 269 g/mol. The molecule has 0 aromatic heterocycles. The summed E-state index contributed by atoms with van der Waals surface area (Å²) in [7, 11) is 0. The number of anilines is 1. The maximum absolute atomic E-state index is 11.7. The molecule has 1 aliphatic carbocycles. The van der Waals surface area contributed by atoms with Gasteiger partial charge in [-0.15, -0.1) is 0 Å². The molecule has 20 heavy (non-hydrogen) atoms. The molecule has 0 atom stereocenters. The predicted octanol–water partition coefficient (Wildman–Crippen LogP) is 2.73. The molecule has 1 aliphatic rings. The SMILES string of the molecule is O=C(COC(=O)C1CC1)Nc1ccc2ccccc2c1. The summed E-state index contributed by atoms with van der Waals surface area (Å²) >= 11 is 0. The maximum atomic E-state index is 11.7. The number of esters is 1. The van der Waals surface area contributed by atoms with Crippen LogP contribution in [0.15, 0.2) is 42.5 Å². The van der Waals surface area contributed by atoms with Gasteiger partial charge in [-0.1, -0.05) is 30.3 Å². The van der Waals surface area contributed by atoms with Crippen molar-refractivity contribution in [3.8, 4) is 0 Å². The van der Waals surface area contributed by atoms with Gasteiger partial charge < -0.3 is 10.1 Å². The topological polar surface area (TPSA) is 55.4 Å². The lowest BCUT2D eigenvalue weighted by atomic mass is 10.1. The Morgan fingerprint density at radius 3 is 2.60 bits per heavy atom. The van der Waals surface area contributed by atoms with Crippen LogP contribution in [0, 0.1) is 5.92 Å². The average Bonchev–Trinajstić information content (AvgIpc) is 3.29. The van der Waals surface area contributed by atoms with E-state index < -0.39 is 0 Å². The van der Waals surface area contributed by atoms with Crippen molar-refractivity contribution in [3.05, 3.63) is 42.5 Å². The van der Waals surface area contributed by atoms with Crippen LogP contribution in [0.2, 0.25) is 0 Å². The van der Waals surface area contributed by atoms with Gasteiger partial charge in [-0.3, -0.25) is 9.59 Å². The first-order chi connectivity index (χ1) is 9.72. The van der Waals surface area contributed by atoms with Crippen molar-refractivity contribution in [1.29, 1.82) is 0 Å². The molecule has 0 aliphatic heterocycles. The molecule has 4 heteroatoms. The third kappa shape index (κ3) is 2.96. The largest absolute Gasteiger partial charge is 0.455 e. The molecule has 1 N–H and O–H groups in total. The molecule has 0 bridgehead atoms. The molecule has 0 unspecified atom stereocenters. The summed E-state index contributed by atoms with van der Waals surface area (Å²) in [5.74, 6) is -0.559. The Morgan fingerprint density at radius 2 is 1.85 bits per heavy atom. The van der Waals surface area contributed by atoms with Crippen LogP contribution < -0.4 is 5.32 Å². The lowest BCUT2D eigenvalue weighted by Gasteiger charge is -2.07. The summed E-state index contributed by atoms with van der Waals surface area (Å²) in [6.07, 6.45) is 1.76. The predicted molar refractivity (Wildman–Crippen MR) is 76.3 cm³/mol. The maximum Gasteiger partial charge on any atom is 0.309 e. The van der Waals surface area contributed by atoms with E-state index in [9.17, 15) is 9.59 Å². The number of ether oxygens (including phenoxy) is 1. The van der Waals surface area contributed by atoms with Gasteiger partial charge in [0.15, 0.2) is 6.61 Å². The number of hydrogen-bond donors (Lipinski definition) is 1. The second kappa shape index (κ2) is 5.33. The Bertz CT molecular complexity index is 662. The molecule has 0 heterocycles. The zero-order valence-corrected chi connectivity index (χ0v) is 11.0. The van der Waals surface area contributed by atoms with Crippen molar-refractivity contribution in [2.24, 2.45) is 5.92 Å². The summed E-state index contributed by atoms with van der Waals surface area (Å²) in [5, 5.41) is 4.90. The van der Waals surface area contributed by atoms with Gasteiger partial charge >= 0.3 is 5.97 Å². The van der Waals surface area contributed by atoms with E-state index in [1.54, 1.807) is 0 Å². The minimum Gasteiger partial charge on any atom is -0.455 e. The molecule has 1 fully saturated rings. The zero-order chi connectivity index (χ0) is 13.9. The van der Waals surface area contributed by atoms with Gasteiger partial charge in [0.05, 0.1) is 5.92 Å². The second-order valence-electron chi connectivity index (χ2n) is 4.99. The Labute approximate surface area is 116 Å². The van der Waals surface area contributed by atoms with Crippen LogP contribution in [0.4, 0.5) is 5.69 Å². The number of fused-ring (bicyclic) bond motifs is 1. The van der Waals surface area contributed by atoms with Crippen molar-refractivity contribution in [2.75, 3.05) is 11.9 Å². The first-order valence-corrected chi connectivity index (χ1v) is 6.68. The highest BCUT2D eigenvalue weighted by Gasteiger charge is 2.31. The number of benzene rings is 2. The molecule has 1 amide bonds. The van der Waals surface area contributed by atoms with Crippen LogP contribution in [0.25, 0.3) is 10.8 Å². The fourth-order valence-electron chi connectivity index (χ4n) is 2.04. The highest BCUT2D eigenvalue weighted by molar-refractivity contribution is 5.95. The number of rotatable bonds is 4. The number of amides is 1. The van der Waals surface area contributed by atoms with Crippen molar-refractivity contribution in [1.82, 2.24) is 0 Å². The minimum absolute atomic E-state index is 0.0171. The minimum atomic E-state index is -0.311. The van der Waals surface area contributed by atoms with Crippen LogP contribution in [-0.2, 0) is 14.3 Å². The summed E-state index contributed by atoms with van der Waals surface area (Å²) < 4.78 is 4.94. The first-order valence-electron chi connectivity index (χ1n) is 6.68. The Morgan fingerprint density at radius 1 is 1.10 bits per heavy atom. The van der Waals surface area contributed by atoms with Gasteiger partial charge in [0, 0.05) is 5.69 Å². The molecule has 1 saturated carbocycles. The van der Waals surface area contributed by atoms with Crippen LogP contribution in [-0.4, -0.2) is 18.5 Å². The van der Waals surface area contributed by atoms with Crippen molar-refractivity contribution in [2.45, 2.75) is 12.8 Å². The number of nitrogens with one attached hydrogen (secondary N) is 1. The first kappa shape index (κ1) is 12.7. The molecule has 4 nitrogen and oxygen atoms in total. The number of hydrogen-bond acceptors (Lipinski definition) is 3. The Balaban J connectivity index is 1.60. The molecule has 2 aromatic rings. The summed E-state index contributed by atoms with van der Waals surface area (Å²) in [4.78, 5) is 23.0. The van der Waals surface area contributed by atoms with Gasteiger partial charge in [0.1, 0.15) is 0 Å². The van der Waals surface area contributed by atoms with Gasteiger partial charge in [0.25, 0.3) is 5.91 Å². The van der Waals surface area contributed by atoms with E-state index in [1.165, 1.54) is 0 Å². The second-order valence-corrected chi connectivity index (χ2v) is 4.99. The molecule has 0 saturated heterocycles. The van der Waals surface area contributed by atoms with Crippen LogP contribution in [0.3, 0.4) is 0 Å². The lowest BCUT2D eigenvalue weighted by Crippen LogP contribution is -2.21. The van der Waals surface area contributed by atoms with Crippen LogP contribution in [0.5, 0.6) is 0 Å². The van der Waals surface area contributed by atoms with Crippen LogP contribution >= 0.6 is 0 Å². The molecular weight excluding hydrogens is 254 g/mol. The van der Waals surface area contributed by atoms with Gasteiger partial charge in [-0.25, -0.2) is 0 Å². The van der Waals surface area contributed by atoms with Gasteiger partial charge in [-0.05, 0) is 35.7 Å². The molecule has 0 spiro atoms. The zero-order valence-electron chi connectivity index (χ0n) is 11.0. The molecule has 3 rings (SSSR count). The molecule has 102 valence electrons. The number of carbonyl (C=O) groups is 2. The highest BCUT2D eigenvalue weighted by atomic mass is 16.5.